The highest BCUT2D eigenvalue weighted by Gasteiger charge is 2.46. The van der Waals surface area contributed by atoms with Crippen LogP contribution in [-0.4, -0.2) is 67.2 Å². The first-order chi connectivity index (χ1) is 17.6. The Morgan fingerprint density at radius 2 is 1.84 bits per heavy atom. The van der Waals surface area contributed by atoms with E-state index in [4.69, 9.17) is 10.5 Å². The van der Waals surface area contributed by atoms with Crippen LogP contribution in [-0.2, 0) is 14.3 Å². The topological polar surface area (TPSA) is 161 Å². The van der Waals surface area contributed by atoms with Gasteiger partial charge in [-0.15, -0.1) is 11.3 Å². The molecule has 0 saturated carbocycles. The molecule has 1 aliphatic heterocycles. The molecule has 2 aromatic rings. The molecular formula is C26H38N6O5S. The number of ether oxygens (including phenoxy) is 1. The van der Waals surface area contributed by atoms with E-state index in [0.29, 0.717) is 11.4 Å². The van der Waals surface area contributed by atoms with Crippen molar-refractivity contribution in [3.05, 3.63) is 29.2 Å². The fourth-order valence-electron chi connectivity index (χ4n) is 4.66. The number of hydrogen-bond donors (Lipinski definition) is 3. The summed E-state index contributed by atoms with van der Waals surface area (Å²) in [5.74, 6) is -0.675. The third-order valence-electron chi connectivity index (χ3n) is 6.76. The molecule has 3 amide bonds. The van der Waals surface area contributed by atoms with Crippen molar-refractivity contribution >= 4 is 29.2 Å². The number of rotatable bonds is 8. The van der Waals surface area contributed by atoms with Gasteiger partial charge in [0.05, 0.1) is 28.2 Å². The van der Waals surface area contributed by atoms with Crippen LogP contribution in [0.1, 0.15) is 71.7 Å². The van der Waals surface area contributed by atoms with E-state index in [1.807, 2.05) is 34.6 Å². The normalized spacial score (nSPS) is 19.6. The highest BCUT2D eigenvalue weighted by atomic mass is 32.1. The van der Waals surface area contributed by atoms with Gasteiger partial charge in [0.2, 0.25) is 11.8 Å². The summed E-state index contributed by atoms with van der Waals surface area (Å²) in [5, 5.41) is 13.4. The molecular weight excluding hydrogens is 508 g/mol. The SMILES string of the molecule is Cc1ncsc1-c1ncc(C(C)NC(=O)[C@@H]2C[C@@H](O)CN2C(=O)[C@@H](CC(C)(C)OC(N)=O)C(C)(C)C)cn1. The second-order valence-electron chi connectivity index (χ2n) is 11.5. The molecule has 3 rings (SSSR count). The molecule has 0 spiro atoms. The lowest BCUT2D eigenvalue weighted by atomic mass is 9.74. The Bertz CT molecular complexity index is 1160. The van der Waals surface area contributed by atoms with E-state index >= 15 is 0 Å². The molecule has 1 saturated heterocycles. The number of carbonyl (C=O) groups excluding carboxylic acids is 3. The molecule has 0 radical (unpaired) electrons. The molecule has 208 valence electrons. The molecule has 0 aliphatic carbocycles. The number of aromatic nitrogens is 3. The van der Waals surface area contributed by atoms with Crippen LogP contribution < -0.4 is 11.1 Å². The number of primary amides is 1. The van der Waals surface area contributed by atoms with Crippen molar-refractivity contribution < 1.29 is 24.2 Å². The first-order valence-corrected chi connectivity index (χ1v) is 13.5. The molecule has 1 aliphatic rings. The first-order valence-electron chi connectivity index (χ1n) is 12.6. The van der Waals surface area contributed by atoms with Crippen molar-refractivity contribution in [3.8, 4) is 10.7 Å². The number of hydrogen-bond acceptors (Lipinski definition) is 9. The van der Waals surface area contributed by atoms with E-state index in [-0.39, 0.29) is 31.2 Å². The summed E-state index contributed by atoms with van der Waals surface area (Å²) in [4.78, 5) is 53.9. The average molecular weight is 547 g/mol. The van der Waals surface area contributed by atoms with Crippen LogP contribution >= 0.6 is 11.3 Å². The van der Waals surface area contributed by atoms with E-state index in [9.17, 15) is 19.5 Å². The minimum atomic E-state index is -0.992. The average Bonchev–Trinajstić information content (AvgIpc) is 3.41. The van der Waals surface area contributed by atoms with E-state index in [1.54, 1.807) is 31.8 Å². The van der Waals surface area contributed by atoms with Crippen molar-refractivity contribution in [2.45, 2.75) is 85.1 Å². The molecule has 0 aromatic carbocycles. The maximum atomic E-state index is 13.8. The molecule has 4 atom stereocenters. The largest absolute Gasteiger partial charge is 0.444 e. The Kier molecular flexibility index (Phi) is 8.77. The molecule has 4 N–H and O–H groups in total. The lowest BCUT2D eigenvalue weighted by Crippen LogP contribution is -2.51. The summed E-state index contributed by atoms with van der Waals surface area (Å²) in [7, 11) is 0. The Balaban J connectivity index is 1.75. The predicted molar refractivity (Wildman–Crippen MR) is 143 cm³/mol. The molecule has 12 heteroatoms. The van der Waals surface area contributed by atoms with E-state index in [2.05, 4.69) is 20.3 Å². The monoisotopic (exact) mass is 546 g/mol. The molecule has 0 bridgehead atoms. The van der Waals surface area contributed by atoms with Crippen molar-refractivity contribution in [1.29, 1.82) is 0 Å². The maximum absolute atomic E-state index is 13.8. The van der Waals surface area contributed by atoms with Crippen molar-refractivity contribution in [2.75, 3.05) is 6.54 Å². The number of aliphatic hydroxyl groups is 1. The number of likely N-dealkylation sites (tertiary alicyclic amines) is 1. The number of β-amino-alcohol motifs (C(OH)–C–C–N with tert-alkyl or cyclic N) is 1. The van der Waals surface area contributed by atoms with E-state index < -0.39 is 41.2 Å². The number of nitrogens with two attached hydrogens (primary N) is 1. The highest BCUT2D eigenvalue weighted by Crippen LogP contribution is 2.37. The zero-order valence-electron chi connectivity index (χ0n) is 23.0. The second kappa shape index (κ2) is 11.3. The number of nitrogens with one attached hydrogen (secondary N) is 1. The summed E-state index contributed by atoms with van der Waals surface area (Å²) in [6.45, 7) is 12.9. The molecule has 2 aromatic heterocycles. The number of nitrogens with zero attached hydrogens (tertiary/aromatic N) is 4. The summed E-state index contributed by atoms with van der Waals surface area (Å²) in [6, 6.07) is -1.26. The first kappa shape index (κ1) is 29.4. The third kappa shape index (κ3) is 7.04. The molecule has 11 nitrogen and oxygen atoms in total. The zero-order chi connectivity index (χ0) is 28.4. The van der Waals surface area contributed by atoms with Crippen LogP contribution in [0.15, 0.2) is 17.9 Å². The third-order valence-corrected chi connectivity index (χ3v) is 7.68. The zero-order valence-corrected chi connectivity index (χ0v) is 23.8. The van der Waals surface area contributed by atoms with Crippen LogP contribution in [0.25, 0.3) is 10.7 Å². The van der Waals surface area contributed by atoms with E-state index in [0.717, 1.165) is 10.6 Å². The van der Waals surface area contributed by atoms with Gasteiger partial charge in [0.1, 0.15) is 11.6 Å². The van der Waals surface area contributed by atoms with Crippen LogP contribution in [0.4, 0.5) is 4.79 Å². The summed E-state index contributed by atoms with van der Waals surface area (Å²) in [6.07, 6.45) is 1.91. The van der Waals surface area contributed by atoms with Crippen molar-refractivity contribution in [1.82, 2.24) is 25.2 Å². The van der Waals surface area contributed by atoms with Crippen molar-refractivity contribution in [3.63, 3.8) is 0 Å². The Morgan fingerprint density at radius 1 is 1.21 bits per heavy atom. The van der Waals surface area contributed by atoms with Crippen LogP contribution in [0.5, 0.6) is 0 Å². The van der Waals surface area contributed by atoms with E-state index in [1.165, 1.54) is 16.2 Å². The van der Waals surface area contributed by atoms with Gasteiger partial charge >= 0.3 is 6.09 Å². The van der Waals surface area contributed by atoms with Gasteiger partial charge in [-0.3, -0.25) is 9.59 Å². The number of amides is 3. The van der Waals surface area contributed by atoms with Gasteiger partial charge in [-0.2, -0.15) is 0 Å². The van der Waals surface area contributed by atoms with Gasteiger partial charge in [0, 0.05) is 36.8 Å². The van der Waals surface area contributed by atoms with Crippen molar-refractivity contribution in [2.24, 2.45) is 17.1 Å². The minimum Gasteiger partial charge on any atom is -0.444 e. The van der Waals surface area contributed by atoms with Gasteiger partial charge < -0.3 is 25.8 Å². The number of aliphatic hydroxyl groups excluding tert-OH is 1. The fraction of sp³-hybridized carbons (Fsp3) is 0.615. The van der Waals surface area contributed by atoms with Gasteiger partial charge in [0.15, 0.2) is 5.82 Å². The number of aryl methyl sites for hydroxylation is 1. The van der Waals surface area contributed by atoms with Crippen LogP contribution in [0, 0.1) is 18.3 Å². The van der Waals surface area contributed by atoms with Gasteiger partial charge in [-0.25, -0.2) is 19.7 Å². The molecule has 1 fully saturated rings. The van der Waals surface area contributed by atoms with Crippen LogP contribution in [0.2, 0.25) is 0 Å². The minimum absolute atomic E-state index is 0.0427. The lowest BCUT2D eigenvalue weighted by Gasteiger charge is -2.38. The summed E-state index contributed by atoms with van der Waals surface area (Å²) < 4.78 is 5.24. The standard InChI is InChI=1S/C26H38N6O5S/c1-14(16-10-28-21(29-11-16)20-15(2)30-13-38-20)31-22(34)19-8-17(33)12-32(19)23(35)18(25(3,4)5)9-26(6,7)37-24(27)36/h10-11,13-14,17-19,33H,8-9,12H2,1-7H3,(H2,27,36)(H,31,34)/t14?,17-,18-,19+/m1/s1. The lowest BCUT2D eigenvalue weighted by molar-refractivity contribution is -0.147. The van der Waals surface area contributed by atoms with Crippen LogP contribution in [0.3, 0.4) is 0 Å². The maximum Gasteiger partial charge on any atom is 0.405 e. The van der Waals surface area contributed by atoms with Gasteiger partial charge in [0.25, 0.3) is 0 Å². The Hall–Kier alpha value is -3.12. The molecule has 3 heterocycles. The number of carbonyl (C=O) groups is 3. The molecule has 1 unspecified atom stereocenters. The summed E-state index contributed by atoms with van der Waals surface area (Å²) >= 11 is 1.46. The number of thiazole rings is 1. The predicted octanol–water partition coefficient (Wildman–Crippen LogP) is 2.97. The Labute approximate surface area is 227 Å². The quantitative estimate of drug-likeness (QED) is 0.455. The van der Waals surface area contributed by atoms with Gasteiger partial charge in [-0.05, 0) is 39.5 Å². The van der Waals surface area contributed by atoms with Gasteiger partial charge in [-0.1, -0.05) is 20.8 Å². The molecule has 38 heavy (non-hydrogen) atoms. The second-order valence-corrected chi connectivity index (χ2v) is 12.4. The highest BCUT2D eigenvalue weighted by molar-refractivity contribution is 7.13. The Morgan fingerprint density at radius 3 is 2.37 bits per heavy atom. The summed E-state index contributed by atoms with van der Waals surface area (Å²) in [5.41, 5.74) is 7.02. The fourth-order valence-corrected chi connectivity index (χ4v) is 5.41. The smallest absolute Gasteiger partial charge is 0.405 e.